The van der Waals surface area contributed by atoms with Gasteiger partial charge in [-0.25, -0.2) is 0 Å². The predicted molar refractivity (Wildman–Crippen MR) is 93.6 cm³/mol. The lowest BCUT2D eigenvalue weighted by Gasteiger charge is -2.39. The number of anilines is 1. The van der Waals surface area contributed by atoms with E-state index in [1.165, 1.54) is 19.3 Å². The molecule has 22 heavy (non-hydrogen) atoms. The Hall–Kier alpha value is -1.06. The van der Waals surface area contributed by atoms with Crippen molar-refractivity contribution in [2.24, 2.45) is 0 Å². The van der Waals surface area contributed by atoms with Crippen LogP contribution in [0.5, 0.6) is 0 Å². The summed E-state index contributed by atoms with van der Waals surface area (Å²) in [7, 11) is 4.25. The third-order valence-electron chi connectivity index (χ3n) is 4.61. The average molecular weight is 323 g/mol. The molecular weight excluding hydrogens is 296 g/mol. The first-order valence-electron chi connectivity index (χ1n) is 8.28. The summed E-state index contributed by atoms with van der Waals surface area (Å²) in [6.07, 6.45) is 6.44. The van der Waals surface area contributed by atoms with Crippen molar-refractivity contribution in [2.75, 3.05) is 19.0 Å². The largest absolute Gasteiger partial charge is 0.308 e. The molecule has 1 aromatic rings. The van der Waals surface area contributed by atoms with Gasteiger partial charge in [-0.15, -0.1) is 0 Å². The fraction of sp³-hybridized carbons (Fsp3) is 0.611. The van der Waals surface area contributed by atoms with Crippen molar-refractivity contribution < 1.29 is 4.79 Å². The number of carbonyl (C=O) groups is 1. The molecule has 1 aromatic carbocycles. The van der Waals surface area contributed by atoms with E-state index in [2.05, 4.69) is 19.0 Å². The van der Waals surface area contributed by atoms with Crippen LogP contribution in [0.15, 0.2) is 24.3 Å². The molecule has 0 aliphatic heterocycles. The number of halogens is 1. The van der Waals surface area contributed by atoms with Gasteiger partial charge in [-0.1, -0.05) is 37.8 Å². The van der Waals surface area contributed by atoms with Gasteiger partial charge in [-0.2, -0.15) is 0 Å². The summed E-state index contributed by atoms with van der Waals surface area (Å²) < 4.78 is 0. The normalized spacial score (nSPS) is 22.4. The first-order valence-corrected chi connectivity index (χ1v) is 8.66. The van der Waals surface area contributed by atoms with Crippen LogP contribution in [0.4, 0.5) is 5.69 Å². The lowest BCUT2D eigenvalue weighted by atomic mass is 9.98. The van der Waals surface area contributed by atoms with Gasteiger partial charge in [-0.3, -0.25) is 4.79 Å². The van der Waals surface area contributed by atoms with Crippen LogP contribution in [0.1, 0.15) is 45.4 Å². The van der Waals surface area contributed by atoms with E-state index in [0.717, 1.165) is 18.5 Å². The fourth-order valence-electron chi connectivity index (χ4n) is 3.46. The third-order valence-corrected chi connectivity index (χ3v) is 4.87. The van der Waals surface area contributed by atoms with E-state index >= 15 is 0 Å². The molecule has 3 nitrogen and oxygen atoms in total. The Morgan fingerprint density at radius 2 is 1.68 bits per heavy atom. The Morgan fingerprint density at radius 3 is 2.23 bits per heavy atom. The summed E-state index contributed by atoms with van der Waals surface area (Å²) in [5, 5.41) is 0.706. The second-order valence-corrected chi connectivity index (χ2v) is 6.77. The summed E-state index contributed by atoms with van der Waals surface area (Å²) in [5.41, 5.74) is 0.968. The van der Waals surface area contributed by atoms with Crippen molar-refractivity contribution in [1.29, 1.82) is 0 Å². The second kappa shape index (κ2) is 7.98. The molecule has 0 saturated heterocycles. The predicted octanol–water partition coefficient (Wildman–Crippen LogP) is 4.35. The first-order chi connectivity index (χ1) is 10.5. The molecule has 1 amide bonds. The van der Waals surface area contributed by atoms with Crippen LogP contribution in [-0.4, -0.2) is 37.0 Å². The Kier molecular flexibility index (Phi) is 6.27. The lowest BCUT2D eigenvalue weighted by Crippen LogP contribution is -2.51. The van der Waals surface area contributed by atoms with Gasteiger partial charge < -0.3 is 9.80 Å². The topological polar surface area (TPSA) is 23.6 Å². The number of amides is 1. The number of nitrogens with zero attached hydrogens (tertiary/aromatic N) is 2. The van der Waals surface area contributed by atoms with Crippen molar-refractivity contribution in [3.05, 3.63) is 29.3 Å². The monoisotopic (exact) mass is 322 g/mol. The van der Waals surface area contributed by atoms with Crippen LogP contribution in [0.3, 0.4) is 0 Å². The first kappa shape index (κ1) is 17.3. The second-order valence-electron chi connectivity index (χ2n) is 6.33. The molecule has 122 valence electrons. The lowest BCUT2D eigenvalue weighted by molar-refractivity contribution is -0.119. The standard InChI is InChI=1S/C18H27ClN2O/c1-4-18(22)21(15-12-10-14(19)11-13-15)17-9-7-5-6-8-16(17)20(2)3/h10-13,16-17H,4-9H2,1-3H3. The number of hydrogen-bond donors (Lipinski definition) is 0. The van der Waals surface area contributed by atoms with Crippen molar-refractivity contribution in [2.45, 2.75) is 57.5 Å². The minimum absolute atomic E-state index is 0.195. The molecule has 2 unspecified atom stereocenters. The molecule has 0 bridgehead atoms. The molecule has 4 heteroatoms. The van der Waals surface area contributed by atoms with Crippen molar-refractivity contribution >= 4 is 23.2 Å². The highest BCUT2D eigenvalue weighted by molar-refractivity contribution is 6.30. The van der Waals surface area contributed by atoms with Crippen LogP contribution < -0.4 is 4.90 Å². The van der Waals surface area contributed by atoms with Gasteiger partial charge in [0.05, 0.1) is 6.04 Å². The number of benzene rings is 1. The van der Waals surface area contributed by atoms with Gasteiger partial charge in [0.25, 0.3) is 0 Å². The smallest absolute Gasteiger partial charge is 0.227 e. The van der Waals surface area contributed by atoms with Gasteiger partial charge in [0.1, 0.15) is 0 Å². The van der Waals surface area contributed by atoms with E-state index in [1.54, 1.807) is 0 Å². The summed E-state index contributed by atoms with van der Waals surface area (Å²) in [6, 6.07) is 8.32. The Labute approximate surface area is 139 Å². The molecular formula is C18H27ClN2O. The SMILES string of the molecule is CCC(=O)N(c1ccc(Cl)cc1)C1CCCCCC1N(C)C. The molecule has 2 rings (SSSR count). The van der Waals surface area contributed by atoms with E-state index in [1.807, 2.05) is 36.1 Å². The highest BCUT2D eigenvalue weighted by Crippen LogP contribution is 2.30. The fourth-order valence-corrected chi connectivity index (χ4v) is 3.59. The summed E-state index contributed by atoms with van der Waals surface area (Å²) in [4.78, 5) is 17.0. The zero-order chi connectivity index (χ0) is 16.1. The summed E-state index contributed by atoms with van der Waals surface area (Å²) in [5.74, 6) is 0.195. The maximum Gasteiger partial charge on any atom is 0.227 e. The maximum absolute atomic E-state index is 12.7. The van der Waals surface area contributed by atoms with E-state index in [9.17, 15) is 4.79 Å². The molecule has 0 spiro atoms. The summed E-state index contributed by atoms with van der Waals surface area (Å²) in [6.45, 7) is 1.94. The maximum atomic E-state index is 12.7. The molecule has 1 fully saturated rings. The highest BCUT2D eigenvalue weighted by Gasteiger charge is 2.33. The van der Waals surface area contributed by atoms with Crippen LogP contribution in [0.25, 0.3) is 0 Å². The van der Waals surface area contributed by atoms with Gasteiger partial charge >= 0.3 is 0 Å². The van der Waals surface area contributed by atoms with E-state index in [4.69, 9.17) is 11.6 Å². The van der Waals surface area contributed by atoms with Crippen LogP contribution in [0, 0.1) is 0 Å². The molecule has 0 aromatic heterocycles. The van der Waals surface area contributed by atoms with E-state index in [0.29, 0.717) is 17.5 Å². The zero-order valence-electron chi connectivity index (χ0n) is 13.9. The molecule has 0 N–H and O–H groups in total. The van der Waals surface area contributed by atoms with Crippen molar-refractivity contribution in [3.8, 4) is 0 Å². The molecule has 2 atom stereocenters. The number of hydrogen-bond acceptors (Lipinski definition) is 2. The number of carbonyl (C=O) groups excluding carboxylic acids is 1. The average Bonchev–Trinajstić information content (AvgIpc) is 2.75. The van der Waals surface area contributed by atoms with Gasteiger partial charge in [-0.05, 0) is 51.2 Å². The van der Waals surface area contributed by atoms with Crippen LogP contribution in [0.2, 0.25) is 5.02 Å². The van der Waals surface area contributed by atoms with Crippen LogP contribution in [-0.2, 0) is 4.79 Å². The van der Waals surface area contributed by atoms with E-state index in [-0.39, 0.29) is 11.9 Å². The highest BCUT2D eigenvalue weighted by atomic mass is 35.5. The minimum atomic E-state index is 0.195. The Bertz CT molecular complexity index is 486. The van der Waals surface area contributed by atoms with Crippen molar-refractivity contribution in [3.63, 3.8) is 0 Å². The third kappa shape index (κ3) is 4.02. The van der Waals surface area contributed by atoms with Crippen molar-refractivity contribution in [1.82, 2.24) is 4.90 Å². The minimum Gasteiger partial charge on any atom is -0.308 e. The zero-order valence-corrected chi connectivity index (χ0v) is 14.6. The number of rotatable bonds is 4. The summed E-state index contributed by atoms with van der Waals surface area (Å²) >= 11 is 6.01. The molecule has 1 aliphatic rings. The van der Waals surface area contributed by atoms with Gasteiger partial charge in [0, 0.05) is 23.2 Å². The van der Waals surface area contributed by atoms with Gasteiger partial charge in [0.2, 0.25) is 5.91 Å². The Balaban J connectivity index is 2.37. The molecule has 1 aliphatic carbocycles. The number of likely N-dealkylation sites (N-methyl/N-ethyl adjacent to an activating group) is 1. The van der Waals surface area contributed by atoms with Crippen LogP contribution >= 0.6 is 11.6 Å². The van der Waals surface area contributed by atoms with E-state index < -0.39 is 0 Å². The Morgan fingerprint density at radius 1 is 1.09 bits per heavy atom. The molecule has 0 radical (unpaired) electrons. The van der Waals surface area contributed by atoms with Gasteiger partial charge in [0.15, 0.2) is 0 Å². The molecule has 1 saturated carbocycles. The quantitative estimate of drug-likeness (QED) is 0.770. The molecule has 0 heterocycles.